The summed E-state index contributed by atoms with van der Waals surface area (Å²) in [6, 6.07) is 14.5. The summed E-state index contributed by atoms with van der Waals surface area (Å²) >= 11 is 0. The number of phenols is 1. The van der Waals surface area contributed by atoms with Gasteiger partial charge in [-0.15, -0.1) is 0 Å². The van der Waals surface area contributed by atoms with Gasteiger partial charge in [0.15, 0.2) is 0 Å². The zero-order valence-corrected chi connectivity index (χ0v) is 14.0. The number of hydrogen-bond acceptors (Lipinski definition) is 5. The maximum Gasteiger partial charge on any atom is 0.128 e. The summed E-state index contributed by atoms with van der Waals surface area (Å²) in [4.78, 5) is 2.19. The molecule has 2 heterocycles. The van der Waals surface area contributed by atoms with Crippen LogP contribution in [-0.2, 0) is 5.60 Å². The van der Waals surface area contributed by atoms with Crippen LogP contribution in [-0.4, -0.2) is 46.0 Å². The summed E-state index contributed by atoms with van der Waals surface area (Å²) in [7, 11) is 0. The first-order chi connectivity index (χ1) is 12.1. The Bertz CT molecular complexity index is 741. The summed E-state index contributed by atoms with van der Waals surface area (Å²) in [5.41, 5.74) is 0.857. The Morgan fingerprint density at radius 3 is 2.48 bits per heavy atom. The second-order valence-corrected chi connectivity index (χ2v) is 6.98. The number of likely N-dealkylation sites (tertiary alicyclic amines) is 1. The molecule has 0 amide bonds. The first kappa shape index (κ1) is 16.4. The monoisotopic (exact) mass is 341 g/mol. The first-order valence-electron chi connectivity index (χ1n) is 8.72. The molecule has 3 N–H and O–H groups in total. The highest BCUT2D eigenvalue weighted by molar-refractivity contribution is 5.43. The van der Waals surface area contributed by atoms with Gasteiger partial charge in [-0.3, -0.25) is 4.90 Å². The van der Waals surface area contributed by atoms with Crippen molar-refractivity contribution in [3.05, 3.63) is 59.7 Å². The van der Waals surface area contributed by atoms with Crippen LogP contribution in [0.2, 0.25) is 0 Å². The van der Waals surface area contributed by atoms with E-state index in [9.17, 15) is 15.3 Å². The molecule has 2 atom stereocenters. The molecule has 0 unspecified atom stereocenters. The van der Waals surface area contributed by atoms with Crippen LogP contribution in [0.4, 0.5) is 0 Å². The molecular weight excluding hydrogens is 318 g/mol. The third kappa shape index (κ3) is 2.99. The Balaban J connectivity index is 1.47. The minimum Gasteiger partial charge on any atom is -0.508 e. The van der Waals surface area contributed by atoms with Gasteiger partial charge in [0.2, 0.25) is 0 Å². The van der Waals surface area contributed by atoms with Gasteiger partial charge in [0, 0.05) is 24.7 Å². The van der Waals surface area contributed by atoms with E-state index in [1.807, 2.05) is 30.3 Å². The smallest absolute Gasteiger partial charge is 0.128 e. The van der Waals surface area contributed by atoms with E-state index in [0.29, 0.717) is 43.9 Å². The number of piperidine rings is 1. The van der Waals surface area contributed by atoms with E-state index in [-0.39, 0.29) is 11.8 Å². The quantitative estimate of drug-likeness (QED) is 0.781. The molecular formula is C20H23NO4. The fourth-order valence-electron chi connectivity index (χ4n) is 3.93. The molecule has 0 aromatic heterocycles. The molecule has 0 spiro atoms. The lowest BCUT2D eigenvalue weighted by Gasteiger charge is -2.44. The molecule has 5 heteroatoms. The number of hydrogen-bond donors (Lipinski definition) is 3. The number of nitrogens with zero attached hydrogens (tertiary/aromatic N) is 1. The normalized spacial score (nSPS) is 25.8. The average Bonchev–Trinajstić information content (AvgIpc) is 2.64. The number of fused-ring (bicyclic) bond motifs is 1. The topological polar surface area (TPSA) is 73.2 Å². The van der Waals surface area contributed by atoms with Crippen molar-refractivity contribution in [3.63, 3.8) is 0 Å². The molecule has 1 saturated heterocycles. The zero-order chi connectivity index (χ0) is 17.4. The van der Waals surface area contributed by atoms with Crippen molar-refractivity contribution in [1.29, 1.82) is 0 Å². The molecule has 2 aromatic carbocycles. The lowest BCUT2D eigenvalue weighted by molar-refractivity contribution is -0.0665. The lowest BCUT2D eigenvalue weighted by atomic mass is 9.83. The van der Waals surface area contributed by atoms with E-state index in [1.54, 1.807) is 18.2 Å². The van der Waals surface area contributed by atoms with Crippen molar-refractivity contribution in [2.45, 2.75) is 30.6 Å². The van der Waals surface area contributed by atoms with Crippen LogP contribution >= 0.6 is 0 Å². The molecule has 1 fully saturated rings. The van der Waals surface area contributed by atoms with E-state index in [1.165, 1.54) is 0 Å². The summed E-state index contributed by atoms with van der Waals surface area (Å²) in [5, 5.41) is 31.3. The Hall–Kier alpha value is -2.08. The number of ether oxygens (including phenoxy) is 1. The number of aliphatic hydroxyl groups excluding tert-OH is 1. The van der Waals surface area contributed by atoms with Crippen LogP contribution in [0.5, 0.6) is 11.5 Å². The number of aliphatic hydroxyl groups is 2. The Kier molecular flexibility index (Phi) is 4.15. The molecule has 5 nitrogen and oxygen atoms in total. The molecule has 0 saturated carbocycles. The van der Waals surface area contributed by atoms with Crippen molar-refractivity contribution in [1.82, 2.24) is 4.90 Å². The van der Waals surface area contributed by atoms with Crippen molar-refractivity contribution < 1.29 is 20.1 Å². The molecule has 132 valence electrons. The fourth-order valence-corrected chi connectivity index (χ4v) is 3.93. The minimum atomic E-state index is -0.804. The van der Waals surface area contributed by atoms with E-state index in [0.717, 1.165) is 5.56 Å². The van der Waals surface area contributed by atoms with Crippen molar-refractivity contribution in [2.75, 3.05) is 19.7 Å². The van der Waals surface area contributed by atoms with Gasteiger partial charge in [0.25, 0.3) is 0 Å². The van der Waals surface area contributed by atoms with E-state index < -0.39 is 11.7 Å². The van der Waals surface area contributed by atoms with Crippen LogP contribution in [0.1, 0.15) is 30.1 Å². The molecule has 4 rings (SSSR count). The number of rotatable bonds is 2. The predicted molar refractivity (Wildman–Crippen MR) is 93.5 cm³/mol. The molecule has 0 radical (unpaired) electrons. The van der Waals surface area contributed by atoms with Crippen LogP contribution in [0.25, 0.3) is 0 Å². The average molecular weight is 341 g/mol. The standard InChI is InChI=1S/C20H23NO4/c22-15-6-7-16-18(12-15)25-13-17(19(16)23)21-10-8-20(24,9-11-21)14-4-2-1-3-5-14/h1-7,12,17,19,22-24H,8-11,13H2/t17-,19-/m0/s1. The van der Waals surface area contributed by atoms with E-state index >= 15 is 0 Å². The van der Waals surface area contributed by atoms with Crippen LogP contribution in [0.15, 0.2) is 48.5 Å². The first-order valence-corrected chi connectivity index (χ1v) is 8.72. The Labute approximate surface area is 147 Å². The predicted octanol–water partition coefficient (Wildman–Crippen LogP) is 2.17. The summed E-state index contributed by atoms with van der Waals surface area (Å²) < 4.78 is 5.75. The van der Waals surface area contributed by atoms with Crippen molar-refractivity contribution in [3.8, 4) is 11.5 Å². The van der Waals surface area contributed by atoms with E-state index in [2.05, 4.69) is 4.90 Å². The van der Waals surface area contributed by atoms with Crippen LogP contribution < -0.4 is 4.74 Å². The summed E-state index contributed by atoms with van der Waals surface area (Å²) in [6.07, 6.45) is 0.595. The zero-order valence-electron chi connectivity index (χ0n) is 14.0. The highest BCUT2D eigenvalue weighted by atomic mass is 16.5. The van der Waals surface area contributed by atoms with Gasteiger partial charge in [-0.2, -0.15) is 0 Å². The maximum absolute atomic E-state index is 11.0. The molecule has 25 heavy (non-hydrogen) atoms. The van der Waals surface area contributed by atoms with E-state index in [4.69, 9.17) is 4.74 Å². The van der Waals surface area contributed by atoms with Gasteiger partial charge in [0.1, 0.15) is 24.2 Å². The molecule has 0 bridgehead atoms. The number of phenolic OH excluding ortho intramolecular Hbond substituents is 1. The highest BCUT2D eigenvalue weighted by Crippen LogP contribution is 2.39. The Morgan fingerprint density at radius 2 is 1.76 bits per heavy atom. The Morgan fingerprint density at radius 1 is 1.04 bits per heavy atom. The van der Waals surface area contributed by atoms with Crippen molar-refractivity contribution in [2.24, 2.45) is 0 Å². The van der Waals surface area contributed by atoms with Gasteiger partial charge in [0.05, 0.1) is 11.6 Å². The van der Waals surface area contributed by atoms with Gasteiger partial charge in [-0.1, -0.05) is 30.3 Å². The molecule has 2 aliphatic heterocycles. The third-order valence-electron chi connectivity index (χ3n) is 5.50. The fraction of sp³-hybridized carbons (Fsp3) is 0.400. The maximum atomic E-state index is 11.0. The van der Waals surface area contributed by atoms with Gasteiger partial charge in [-0.05, 0) is 30.5 Å². The number of aromatic hydroxyl groups is 1. The largest absolute Gasteiger partial charge is 0.508 e. The third-order valence-corrected chi connectivity index (χ3v) is 5.50. The van der Waals surface area contributed by atoms with Crippen LogP contribution in [0.3, 0.4) is 0 Å². The SMILES string of the molecule is Oc1ccc2c(c1)OC[C@H](N1CCC(O)(c3ccccc3)CC1)[C@H]2O. The van der Waals surface area contributed by atoms with Gasteiger partial charge < -0.3 is 20.1 Å². The molecule has 2 aliphatic rings. The summed E-state index contributed by atoms with van der Waals surface area (Å²) in [6.45, 7) is 1.77. The second-order valence-electron chi connectivity index (χ2n) is 6.98. The van der Waals surface area contributed by atoms with Crippen LogP contribution in [0, 0.1) is 0 Å². The van der Waals surface area contributed by atoms with Gasteiger partial charge in [-0.25, -0.2) is 0 Å². The molecule has 0 aliphatic carbocycles. The second kappa shape index (κ2) is 6.33. The van der Waals surface area contributed by atoms with Gasteiger partial charge >= 0.3 is 0 Å². The number of benzene rings is 2. The molecule has 2 aromatic rings. The minimum absolute atomic E-state index is 0.135. The lowest BCUT2D eigenvalue weighted by Crippen LogP contribution is -2.52. The summed E-state index contributed by atoms with van der Waals surface area (Å²) in [5.74, 6) is 0.678. The van der Waals surface area contributed by atoms with Crippen molar-refractivity contribution >= 4 is 0 Å². The highest BCUT2D eigenvalue weighted by Gasteiger charge is 2.40.